The number of carbonyl (C=O) groups excluding carboxylic acids is 1. The van der Waals surface area contributed by atoms with Crippen LogP contribution in [0.5, 0.6) is 0 Å². The molecule has 0 aliphatic rings. The number of hydrogen-bond donors (Lipinski definition) is 0. The average Bonchev–Trinajstić information content (AvgIpc) is 1.82. The average molecular weight is 171 g/mol. The zero-order valence-corrected chi connectivity index (χ0v) is 9.06. The molecular weight excluding hydrogens is 154 g/mol. The molecular formula is C8H17NOSi. The fourth-order valence-corrected chi connectivity index (χ4v) is 1.46. The van der Waals surface area contributed by atoms with Crippen LogP contribution in [0.15, 0.2) is 11.8 Å². The molecule has 0 saturated heterocycles. The maximum Gasteiger partial charge on any atom is 0.244 e. The number of likely N-dealkylation sites (N-methyl/N-ethyl adjacent to an activating group) is 1. The van der Waals surface area contributed by atoms with Gasteiger partial charge in [0.1, 0.15) is 0 Å². The maximum atomic E-state index is 11.4. The Kier molecular flexibility index (Phi) is 3.05. The van der Waals surface area contributed by atoms with E-state index in [1.54, 1.807) is 19.0 Å². The number of rotatable bonds is 2. The highest BCUT2D eigenvalue weighted by Crippen LogP contribution is 2.13. The molecule has 0 bridgehead atoms. The van der Waals surface area contributed by atoms with E-state index in [0.717, 1.165) is 5.20 Å². The van der Waals surface area contributed by atoms with Gasteiger partial charge in [-0.1, -0.05) is 26.2 Å². The predicted molar refractivity (Wildman–Crippen MR) is 51.2 cm³/mol. The van der Waals surface area contributed by atoms with Gasteiger partial charge in [-0.2, -0.15) is 0 Å². The third kappa shape index (κ3) is 2.88. The van der Waals surface area contributed by atoms with Gasteiger partial charge in [0.2, 0.25) is 5.91 Å². The maximum absolute atomic E-state index is 11.4. The van der Waals surface area contributed by atoms with Crippen molar-refractivity contribution in [2.24, 2.45) is 0 Å². The lowest BCUT2D eigenvalue weighted by Crippen LogP contribution is -2.35. The van der Waals surface area contributed by atoms with E-state index in [4.69, 9.17) is 0 Å². The molecule has 0 fully saturated rings. The molecule has 64 valence electrons. The highest BCUT2D eigenvalue weighted by atomic mass is 28.3. The van der Waals surface area contributed by atoms with E-state index in [0.29, 0.717) is 0 Å². The zero-order valence-electron chi connectivity index (χ0n) is 8.06. The third-order valence-electron chi connectivity index (χ3n) is 1.57. The summed E-state index contributed by atoms with van der Waals surface area (Å²) in [6, 6.07) is 0. The van der Waals surface area contributed by atoms with E-state index in [9.17, 15) is 4.79 Å². The minimum Gasteiger partial charge on any atom is -0.345 e. The zero-order chi connectivity index (χ0) is 9.23. The molecule has 2 nitrogen and oxygen atoms in total. The van der Waals surface area contributed by atoms with Gasteiger partial charge in [0.25, 0.3) is 0 Å². The molecule has 11 heavy (non-hydrogen) atoms. The summed E-state index contributed by atoms with van der Waals surface area (Å²) in [5.74, 6) is 0.0733. The van der Waals surface area contributed by atoms with Crippen molar-refractivity contribution in [2.45, 2.75) is 19.6 Å². The van der Waals surface area contributed by atoms with Crippen LogP contribution in [-0.4, -0.2) is 33.0 Å². The van der Waals surface area contributed by atoms with Gasteiger partial charge in [-0.15, -0.1) is 0 Å². The lowest BCUT2D eigenvalue weighted by atomic mass is 10.5. The molecule has 0 spiro atoms. The molecule has 0 heterocycles. The minimum atomic E-state index is -1.47. The second-order valence-electron chi connectivity index (χ2n) is 3.93. The Bertz CT molecular complexity index is 179. The Hall–Kier alpha value is -0.573. The molecule has 0 aliphatic carbocycles. The van der Waals surface area contributed by atoms with Gasteiger partial charge < -0.3 is 4.90 Å². The first-order valence-electron chi connectivity index (χ1n) is 3.68. The standard InChI is InChI=1S/C8H17NOSi/c1-7(11(4,5)6)8(10)9(2)3/h1H2,2-6H3. The van der Waals surface area contributed by atoms with E-state index >= 15 is 0 Å². The van der Waals surface area contributed by atoms with Gasteiger partial charge in [-0.05, 0) is 5.20 Å². The van der Waals surface area contributed by atoms with Crippen LogP contribution in [-0.2, 0) is 4.79 Å². The predicted octanol–water partition coefficient (Wildman–Crippen LogP) is 1.51. The quantitative estimate of drug-likeness (QED) is 0.455. The summed E-state index contributed by atoms with van der Waals surface area (Å²) in [6.07, 6.45) is 0. The number of amides is 1. The van der Waals surface area contributed by atoms with Crippen molar-refractivity contribution < 1.29 is 4.79 Å². The smallest absolute Gasteiger partial charge is 0.244 e. The molecule has 0 aliphatic heterocycles. The largest absolute Gasteiger partial charge is 0.345 e. The Morgan fingerprint density at radius 3 is 1.73 bits per heavy atom. The second-order valence-corrected chi connectivity index (χ2v) is 9.03. The molecule has 1 amide bonds. The lowest BCUT2D eigenvalue weighted by molar-refractivity contribution is -0.124. The van der Waals surface area contributed by atoms with Crippen molar-refractivity contribution in [1.82, 2.24) is 4.90 Å². The number of nitrogens with zero attached hydrogens (tertiary/aromatic N) is 1. The summed E-state index contributed by atoms with van der Waals surface area (Å²) in [6.45, 7) is 10.2. The number of hydrogen-bond acceptors (Lipinski definition) is 1. The monoisotopic (exact) mass is 171 g/mol. The van der Waals surface area contributed by atoms with Crippen LogP contribution in [0.2, 0.25) is 19.6 Å². The molecule has 0 aromatic rings. The van der Waals surface area contributed by atoms with Crippen LogP contribution >= 0.6 is 0 Å². The van der Waals surface area contributed by atoms with Crippen LogP contribution < -0.4 is 0 Å². The van der Waals surface area contributed by atoms with Crippen LogP contribution in [0.1, 0.15) is 0 Å². The molecule has 0 unspecified atom stereocenters. The molecule has 0 radical (unpaired) electrons. The molecule has 0 N–H and O–H groups in total. The van der Waals surface area contributed by atoms with Gasteiger partial charge in [-0.25, -0.2) is 0 Å². The summed E-state index contributed by atoms with van der Waals surface area (Å²) < 4.78 is 0. The summed E-state index contributed by atoms with van der Waals surface area (Å²) in [4.78, 5) is 12.9. The second kappa shape index (κ2) is 3.22. The summed E-state index contributed by atoms with van der Waals surface area (Å²) in [5, 5.41) is 0.794. The molecule has 0 rings (SSSR count). The molecule has 0 atom stereocenters. The van der Waals surface area contributed by atoms with Crippen LogP contribution in [0.25, 0.3) is 0 Å². The van der Waals surface area contributed by atoms with Crippen LogP contribution in [0.3, 0.4) is 0 Å². The van der Waals surface area contributed by atoms with Crippen LogP contribution in [0.4, 0.5) is 0 Å². The van der Waals surface area contributed by atoms with Crippen molar-refractivity contribution in [3.05, 3.63) is 11.8 Å². The van der Waals surface area contributed by atoms with Crippen molar-refractivity contribution in [2.75, 3.05) is 14.1 Å². The number of carbonyl (C=O) groups is 1. The Labute approximate surface area is 69.9 Å². The third-order valence-corrected chi connectivity index (χ3v) is 3.59. The molecule has 0 aromatic heterocycles. The van der Waals surface area contributed by atoms with Gasteiger partial charge in [-0.3, -0.25) is 4.79 Å². The Morgan fingerprint density at radius 1 is 1.27 bits per heavy atom. The van der Waals surface area contributed by atoms with Crippen LogP contribution in [0, 0.1) is 0 Å². The van der Waals surface area contributed by atoms with Gasteiger partial charge in [0.05, 0.1) is 8.07 Å². The van der Waals surface area contributed by atoms with Crippen molar-refractivity contribution in [1.29, 1.82) is 0 Å². The van der Waals surface area contributed by atoms with E-state index < -0.39 is 8.07 Å². The highest BCUT2D eigenvalue weighted by Gasteiger charge is 2.24. The van der Waals surface area contributed by atoms with Crippen molar-refractivity contribution in [3.8, 4) is 0 Å². The SMILES string of the molecule is C=C(C(=O)N(C)C)[Si](C)(C)C. The summed E-state index contributed by atoms with van der Waals surface area (Å²) in [5.41, 5.74) is 0. The highest BCUT2D eigenvalue weighted by molar-refractivity contribution is 6.87. The first-order chi connectivity index (χ1) is 4.76. The first kappa shape index (κ1) is 10.4. The minimum absolute atomic E-state index is 0.0733. The van der Waals surface area contributed by atoms with Gasteiger partial charge in [0, 0.05) is 14.1 Å². The molecule has 0 aromatic carbocycles. The van der Waals surface area contributed by atoms with Crippen molar-refractivity contribution >= 4 is 14.0 Å². The lowest BCUT2D eigenvalue weighted by Gasteiger charge is -2.21. The van der Waals surface area contributed by atoms with E-state index in [1.807, 2.05) is 0 Å². The Balaban J connectivity index is 4.40. The fourth-order valence-electron chi connectivity index (χ4n) is 0.591. The topological polar surface area (TPSA) is 20.3 Å². The van der Waals surface area contributed by atoms with E-state index in [1.165, 1.54) is 0 Å². The molecule has 0 saturated carbocycles. The normalized spacial score (nSPS) is 11.0. The van der Waals surface area contributed by atoms with Crippen molar-refractivity contribution in [3.63, 3.8) is 0 Å². The fraction of sp³-hybridized carbons (Fsp3) is 0.625. The first-order valence-corrected chi connectivity index (χ1v) is 7.18. The van der Waals surface area contributed by atoms with Gasteiger partial charge >= 0.3 is 0 Å². The summed E-state index contributed by atoms with van der Waals surface area (Å²) in [7, 11) is 2.04. The van der Waals surface area contributed by atoms with E-state index in [-0.39, 0.29) is 5.91 Å². The van der Waals surface area contributed by atoms with Gasteiger partial charge in [0.15, 0.2) is 0 Å². The Morgan fingerprint density at radius 2 is 1.64 bits per heavy atom. The van der Waals surface area contributed by atoms with E-state index in [2.05, 4.69) is 26.2 Å². The summed E-state index contributed by atoms with van der Waals surface area (Å²) >= 11 is 0. The molecule has 3 heteroatoms.